The maximum Gasteiger partial charge on any atom is 0.252 e. The highest BCUT2D eigenvalue weighted by Crippen LogP contribution is 2.42. The maximum absolute atomic E-state index is 13.0. The summed E-state index contributed by atoms with van der Waals surface area (Å²) in [6.45, 7) is 2.91. The maximum atomic E-state index is 13.0. The standard InChI is InChI=1S/C26H27NO3/c1-2-3-4-9-18-29-20-16-14-19(15-17-20)26(28)27-25-21-10-5-7-12-23(21)30-24-13-8-6-11-22(24)25/h5-8,10-17,25H,2-4,9,18H2,1H3,(H,27,28). The van der Waals surface area contributed by atoms with Crippen LogP contribution in [0.25, 0.3) is 0 Å². The van der Waals surface area contributed by atoms with Crippen LogP contribution in [0.1, 0.15) is 60.1 Å². The average Bonchev–Trinajstić information content (AvgIpc) is 2.79. The summed E-state index contributed by atoms with van der Waals surface area (Å²) in [6, 6.07) is 22.7. The number of benzene rings is 3. The average molecular weight is 402 g/mol. The number of carbonyl (C=O) groups excluding carboxylic acids is 1. The lowest BCUT2D eigenvalue weighted by atomic mass is 9.94. The molecule has 1 aliphatic heterocycles. The fraction of sp³-hybridized carbons (Fsp3) is 0.269. The van der Waals surface area contributed by atoms with E-state index >= 15 is 0 Å². The van der Waals surface area contributed by atoms with E-state index in [4.69, 9.17) is 9.47 Å². The second kappa shape index (κ2) is 9.49. The molecule has 0 radical (unpaired) electrons. The van der Waals surface area contributed by atoms with Gasteiger partial charge in [-0.3, -0.25) is 4.79 Å². The third-order valence-electron chi connectivity index (χ3n) is 5.34. The van der Waals surface area contributed by atoms with Crippen LogP contribution in [0.5, 0.6) is 17.2 Å². The molecule has 0 saturated heterocycles. The Hall–Kier alpha value is -3.27. The number of hydrogen-bond donors (Lipinski definition) is 1. The van der Waals surface area contributed by atoms with E-state index in [1.54, 1.807) is 0 Å². The number of para-hydroxylation sites is 2. The fourth-order valence-electron chi connectivity index (χ4n) is 3.70. The molecule has 4 rings (SSSR count). The van der Waals surface area contributed by atoms with E-state index in [1.165, 1.54) is 19.3 Å². The van der Waals surface area contributed by atoms with Gasteiger partial charge in [0.2, 0.25) is 0 Å². The van der Waals surface area contributed by atoms with Crippen molar-refractivity contribution in [2.75, 3.05) is 6.61 Å². The molecule has 0 unspecified atom stereocenters. The second-order valence-corrected chi connectivity index (χ2v) is 7.52. The number of nitrogens with one attached hydrogen (secondary N) is 1. The fourth-order valence-corrected chi connectivity index (χ4v) is 3.70. The largest absolute Gasteiger partial charge is 0.494 e. The van der Waals surface area contributed by atoms with Crippen LogP contribution in [-0.4, -0.2) is 12.5 Å². The third-order valence-corrected chi connectivity index (χ3v) is 5.34. The van der Waals surface area contributed by atoms with E-state index in [-0.39, 0.29) is 11.9 Å². The first-order valence-electron chi connectivity index (χ1n) is 10.7. The molecule has 0 aromatic heterocycles. The molecule has 3 aromatic rings. The molecule has 1 aliphatic rings. The summed E-state index contributed by atoms with van der Waals surface area (Å²) < 4.78 is 11.8. The number of hydrogen-bond acceptors (Lipinski definition) is 3. The van der Waals surface area contributed by atoms with Crippen molar-refractivity contribution >= 4 is 5.91 Å². The molecule has 0 atom stereocenters. The van der Waals surface area contributed by atoms with Crippen LogP contribution >= 0.6 is 0 Å². The Bertz CT molecular complexity index is 952. The number of unbranched alkanes of at least 4 members (excludes halogenated alkanes) is 3. The van der Waals surface area contributed by atoms with Crippen molar-refractivity contribution in [2.45, 2.75) is 38.6 Å². The van der Waals surface area contributed by atoms with E-state index in [1.807, 2.05) is 72.8 Å². The topological polar surface area (TPSA) is 47.6 Å². The number of ether oxygens (including phenoxy) is 2. The van der Waals surface area contributed by atoms with Crippen molar-refractivity contribution in [1.82, 2.24) is 5.32 Å². The van der Waals surface area contributed by atoms with Gasteiger partial charge in [0.25, 0.3) is 5.91 Å². The van der Waals surface area contributed by atoms with E-state index in [2.05, 4.69) is 12.2 Å². The molecule has 0 spiro atoms. The lowest BCUT2D eigenvalue weighted by Crippen LogP contribution is -2.31. The van der Waals surface area contributed by atoms with E-state index in [0.717, 1.165) is 34.8 Å². The number of rotatable bonds is 8. The molecule has 0 aliphatic carbocycles. The molecule has 1 amide bonds. The van der Waals surface area contributed by atoms with Crippen molar-refractivity contribution in [3.05, 3.63) is 89.5 Å². The zero-order valence-electron chi connectivity index (χ0n) is 17.3. The van der Waals surface area contributed by atoms with Crippen LogP contribution in [0.4, 0.5) is 0 Å². The lowest BCUT2D eigenvalue weighted by Gasteiger charge is -2.28. The van der Waals surface area contributed by atoms with Gasteiger partial charge in [0.1, 0.15) is 17.2 Å². The second-order valence-electron chi connectivity index (χ2n) is 7.52. The minimum absolute atomic E-state index is 0.124. The molecule has 4 nitrogen and oxygen atoms in total. The van der Waals surface area contributed by atoms with Crippen LogP contribution < -0.4 is 14.8 Å². The third kappa shape index (κ3) is 4.48. The molecule has 4 heteroatoms. The normalized spacial score (nSPS) is 12.4. The zero-order chi connectivity index (χ0) is 20.8. The van der Waals surface area contributed by atoms with Crippen molar-refractivity contribution in [3.8, 4) is 17.2 Å². The highest BCUT2D eigenvalue weighted by Gasteiger charge is 2.28. The summed E-state index contributed by atoms with van der Waals surface area (Å²) >= 11 is 0. The van der Waals surface area contributed by atoms with Gasteiger partial charge in [-0.15, -0.1) is 0 Å². The minimum Gasteiger partial charge on any atom is -0.494 e. The molecule has 0 saturated carbocycles. The SMILES string of the molecule is CCCCCCOc1ccc(C(=O)NC2c3ccccc3Oc3ccccc32)cc1. The van der Waals surface area contributed by atoms with Gasteiger partial charge in [0, 0.05) is 16.7 Å². The van der Waals surface area contributed by atoms with Gasteiger partial charge in [-0.1, -0.05) is 62.6 Å². The van der Waals surface area contributed by atoms with Crippen LogP contribution in [0, 0.1) is 0 Å². The molecule has 3 aromatic carbocycles. The van der Waals surface area contributed by atoms with Gasteiger partial charge in [-0.25, -0.2) is 0 Å². The Morgan fingerprint density at radius 2 is 1.50 bits per heavy atom. The van der Waals surface area contributed by atoms with E-state index < -0.39 is 0 Å². The number of amides is 1. The summed E-state index contributed by atoms with van der Waals surface area (Å²) in [7, 11) is 0. The lowest BCUT2D eigenvalue weighted by molar-refractivity contribution is 0.0941. The zero-order valence-corrected chi connectivity index (χ0v) is 17.3. The first-order chi connectivity index (χ1) is 14.8. The van der Waals surface area contributed by atoms with E-state index in [9.17, 15) is 4.79 Å². The Morgan fingerprint density at radius 3 is 2.13 bits per heavy atom. The quantitative estimate of drug-likeness (QED) is 0.453. The molecule has 1 heterocycles. The Morgan fingerprint density at radius 1 is 0.867 bits per heavy atom. The summed E-state index contributed by atoms with van der Waals surface area (Å²) in [5, 5.41) is 3.17. The first kappa shape index (κ1) is 20.0. The van der Waals surface area contributed by atoms with Gasteiger partial charge in [0.05, 0.1) is 12.6 Å². The van der Waals surface area contributed by atoms with Crippen molar-refractivity contribution in [2.24, 2.45) is 0 Å². The molecule has 30 heavy (non-hydrogen) atoms. The Labute approximate surface area is 177 Å². The Balaban J connectivity index is 1.45. The van der Waals surface area contributed by atoms with Crippen molar-refractivity contribution in [3.63, 3.8) is 0 Å². The van der Waals surface area contributed by atoms with Gasteiger partial charge >= 0.3 is 0 Å². The molecule has 1 N–H and O–H groups in total. The highest BCUT2D eigenvalue weighted by atomic mass is 16.5. The summed E-state index contributed by atoms with van der Waals surface area (Å²) in [5.41, 5.74) is 2.52. The molecule has 154 valence electrons. The summed E-state index contributed by atoms with van der Waals surface area (Å²) in [4.78, 5) is 13.0. The minimum atomic E-state index is -0.256. The summed E-state index contributed by atoms with van der Waals surface area (Å²) in [6.07, 6.45) is 4.69. The van der Waals surface area contributed by atoms with Crippen LogP contribution in [0.3, 0.4) is 0 Å². The number of fused-ring (bicyclic) bond motifs is 2. The van der Waals surface area contributed by atoms with Gasteiger partial charge in [-0.2, -0.15) is 0 Å². The highest BCUT2D eigenvalue weighted by molar-refractivity contribution is 5.95. The molecular weight excluding hydrogens is 374 g/mol. The molecule has 0 fully saturated rings. The number of carbonyl (C=O) groups is 1. The molecular formula is C26H27NO3. The predicted molar refractivity (Wildman–Crippen MR) is 118 cm³/mol. The smallest absolute Gasteiger partial charge is 0.252 e. The van der Waals surface area contributed by atoms with Crippen LogP contribution in [-0.2, 0) is 0 Å². The van der Waals surface area contributed by atoms with Crippen molar-refractivity contribution in [1.29, 1.82) is 0 Å². The van der Waals surface area contributed by atoms with Gasteiger partial charge in [-0.05, 0) is 42.8 Å². The Kier molecular flexibility index (Phi) is 6.33. The molecule has 0 bridgehead atoms. The van der Waals surface area contributed by atoms with Crippen LogP contribution in [0.2, 0.25) is 0 Å². The predicted octanol–water partition coefficient (Wildman–Crippen LogP) is 6.27. The van der Waals surface area contributed by atoms with Gasteiger partial charge in [0.15, 0.2) is 0 Å². The first-order valence-corrected chi connectivity index (χ1v) is 10.7. The monoisotopic (exact) mass is 401 g/mol. The van der Waals surface area contributed by atoms with E-state index in [0.29, 0.717) is 12.2 Å². The van der Waals surface area contributed by atoms with Crippen molar-refractivity contribution < 1.29 is 14.3 Å². The van der Waals surface area contributed by atoms with Gasteiger partial charge < -0.3 is 14.8 Å². The summed E-state index contributed by atoms with van der Waals surface area (Å²) in [5.74, 6) is 2.22. The van der Waals surface area contributed by atoms with Crippen LogP contribution in [0.15, 0.2) is 72.8 Å².